The second-order valence-corrected chi connectivity index (χ2v) is 5.68. The van der Waals surface area contributed by atoms with Gasteiger partial charge >= 0.3 is 0 Å². The van der Waals surface area contributed by atoms with E-state index in [1.54, 1.807) is 18.2 Å². The van der Waals surface area contributed by atoms with Gasteiger partial charge in [0.25, 0.3) is 5.91 Å². The van der Waals surface area contributed by atoms with Crippen molar-refractivity contribution in [1.29, 1.82) is 0 Å². The molecule has 4 N–H and O–H groups in total. The van der Waals surface area contributed by atoms with Crippen molar-refractivity contribution >= 4 is 18.3 Å². The predicted molar refractivity (Wildman–Crippen MR) is 88.9 cm³/mol. The maximum atomic E-state index is 12.9. The molecule has 3 rings (SSSR count). The number of hydrogen-bond donors (Lipinski definition) is 3. The van der Waals surface area contributed by atoms with Crippen LogP contribution in [0.4, 0.5) is 4.39 Å². The third kappa shape index (κ3) is 3.89. The highest BCUT2D eigenvalue weighted by Gasteiger charge is 2.28. The molecule has 0 saturated heterocycles. The predicted octanol–water partition coefficient (Wildman–Crippen LogP) is 2.49. The Balaban J connectivity index is 0.00000192. The first-order valence-electron chi connectivity index (χ1n) is 7.49. The zero-order valence-corrected chi connectivity index (χ0v) is 13.4. The van der Waals surface area contributed by atoms with Crippen LogP contribution in [0.1, 0.15) is 29.8 Å². The van der Waals surface area contributed by atoms with Gasteiger partial charge in [0.2, 0.25) is 0 Å². The molecule has 1 heterocycles. The molecule has 2 aromatic rings. The van der Waals surface area contributed by atoms with Gasteiger partial charge in [0, 0.05) is 11.6 Å². The molecule has 0 spiro atoms. The minimum atomic E-state index is -0.300. The molecule has 0 radical (unpaired) electrons. The largest absolute Gasteiger partial charge is 0.348 e. The van der Waals surface area contributed by atoms with Gasteiger partial charge in [0.15, 0.2) is 0 Å². The standard InChI is InChI=1S/C16H19FN4O.ClH/c17-12-6-4-10(5-7-12)14-8-15(21-20-14)16(22)19-13-3-1-2-11(13)9-18;/h4-8,11,13H,1-3,9,18H2,(H,19,22)(H,20,21);1H. The first-order valence-corrected chi connectivity index (χ1v) is 7.49. The summed E-state index contributed by atoms with van der Waals surface area (Å²) in [4.78, 5) is 12.3. The van der Waals surface area contributed by atoms with E-state index in [9.17, 15) is 9.18 Å². The Bertz CT molecular complexity index is 658. The quantitative estimate of drug-likeness (QED) is 0.800. The van der Waals surface area contributed by atoms with Crippen molar-refractivity contribution in [2.75, 3.05) is 6.54 Å². The molecular weight excluding hydrogens is 319 g/mol. The van der Waals surface area contributed by atoms with E-state index in [0.29, 0.717) is 23.9 Å². The fourth-order valence-electron chi connectivity index (χ4n) is 2.96. The minimum absolute atomic E-state index is 0. The molecule has 2 unspecified atom stereocenters. The fraction of sp³-hybridized carbons (Fsp3) is 0.375. The van der Waals surface area contributed by atoms with Crippen LogP contribution in [0.5, 0.6) is 0 Å². The van der Waals surface area contributed by atoms with Crippen LogP contribution in [-0.4, -0.2) is 28.7 Å². The van der Waals surface area contributed by atoms with Crippen molar-refractivity contribution in [3.63, 3.8) is 0 Å². The van der Waals surface area contributed by atoms with Gasteiger partial charge in [0.1, 0.15) is 11.5 Å². The molecule has 7 heteroatoms. The van der Waals surface area contributed by atoms with Crippen molar-refractivity contribution in [1.82, 2.24) is 15.5 Å². The van der Waals surface area contributed by atoms with E-state index in [1.807, 2.05) is 0 Å². The maximum absolute atomic E-state index is 12.9. The van der Waals surface area contributed by atoms with E-state index < -0.39 is 0 Å². The SMILES string of the molecule is Cl.NCC1CCCC1NC(=O)c1cc(-c2ccc(F)cc2)n[nH]1. The van der Waals surface area contributed by atoms with Crippen LogP contribution in [0.25, 0.3) is 11.3 Å². The van der Waals surface area contributed by atoms with Gasteiger partial charge in [0.05, 0.1) is 5.69 Å². The van der Waals surface area contributed by atoms with Gasteiger partial charge in [-0.25, -0.2) is 4.39 Å². The molecule has 5 nitrogen and oxygen atoms in total. The van der Waals surface area contributed by atoms with Crippen LogP contribution in [0.3, 0.4) is 0 Å². The summed E-state index contributed by atoms with van der Waals surface area (Å²) in [5.74, 6) is -0.124. The van der Waals surface area contributed by atoms with Crippen LogP contribution in [0, 0.1) is 11.7 Å². The van der Waals surface area contributed by atoms with Crippen molar-refractivity contribution in [2.24, 2.45) is 11.7 Å². The second kappa shape index (κ2) is 7.57. The number of carbonyl (C=O) groups excluding carboxylic acids is 1. The van der Waals surface area contributed by atoms with Crippen molar-refractivity contribution < 1.29 is 9.18 Å². The average molecular weight is 339 g/mol. The molecule has 1 aromatic carbocycles. The Hall–Kier alpha value is -1.92. The van der Waals surface area contributed by atoms with Crippen molar-refractivity contribution in [3.8, 4) is 11.3 Å². The normalized spacial score (nSPS) is 20.1. The molecule has 2 atom stereocenters. The number of aromatic nitrogens is 2. The summed E-state index contributed by atoms with van der Waals surface area (Å²) >= 11 is 0. The number of aromatic amines is 1. The van der Waals surface area contributed by atoms with E-state index >= 15 is 0 Å². The first-order chi connectivity index (χ1) is 10.7. The number of amides is 1. The number of nitrogens with two attached hydrogens (primary N) is 1. The van der Waals surface area contributed by atoms with E-state index in [0.717, 1.165) is 24.8 Å². The lowest BCUT2D eigenvalue weighted by molar-refractivity contribution is 0.0923. The van der Waals surface area contributed by atoms with Crippen LogP contribution in [-0.2, 0) is 0 Å². The summed E-state index contributed by atoms with van der Waals surface area (Å²) in [5, 5.41) is 9.88. The zero-order chi connectivity index (χ0) is 15.5. The summed E-state index contributed by atoms with van der Waals surface area (Å²) in [5.41, 5.74) is 7.51. The maximum Gasteiger partial charge on any atom is 0.269 e. The van der Waals surface area contributed by atoms with Gasteiger partial charge in [-0.3, -0.25) is 9.89 Å². The molecule has 0 aliphatic heterocycles. The number of benzene rings is 1. The van der Waals surface area contributed by atoms with Crippen LogP contribution >= 0.6 is 12.4 Å². The molecule has 1 saturated carbocycles. The van der Waals surface area contributed by atoms with E-state index in [1.165, 1.54) is 12.1 Å². The number of rotatable bonds is 4. The highest BCUT2D eigenvalue weighted by molar-refractivity contribution is 5.93. The number of nitrogens with one attached hydrogen (secondary N) is 2. The van der Waals surface area contributed by atoms with Crippen LogP contribution in [0.2, 0.25) is 0 Å². The average Bonchev–Trinajstić information content (AvgIpc) is 3.16. The van der Waals surface area contributed by atoms with Crippen molar-refractivity contribution in [2.45, 2.75) is 25.3 Å². The molecule has 1 amide bonds. The summed E-state index contributed by atoms with van der Waals surface area (Å²) in [6.07, 6.45) is 3.12. The van der Waals surface area contributed by atoms with Gasteiger partial charge in [-0.1, -0.05) is 6.42 Å². The Kier molecular flexibility index (Phi) is 5.74. The topological polar surface area (TPSA) is 83.8 Å². The third-order valence-corrected chi connectivity index (χ3v) is 4.24. The minimum Gasteiger partial charge on any atom is -0.348 e. The smallest absolute Gasteiger partial charge is 0.269 e. The molecule has 124 valence electrons. The fourth-order valence-corrected chi connectivity index (χ4v) is 2.96. The second-order valence-electron chi connectivity index (χ2n) is 5.68. The van der Waals surface area contributed by atoms with Gasteiger partial charge in [-0.2, -0.15) is 5.10 Å². The molecule has 0 bridgehead atoms. The number of hydrogen-bond acceptors (Lipinski definition) is 3. The van der Waals surface area contributed by atoms with E-state index in [2.05, 4.69) is 15.5 Å². The monoisotopic (exact) mass is 338 g/mol. The van der Waals surface area contributed by atoms with Gasteiger partial charge in [-0.05, 0) is 55.6 Å². The summed E-state index contributed by atoms with van der Waals surface area (Å²) < 4.78 is 12.9. The number of carbonyl (C=O) groups is 1. The highest BCUT2D eigenvalue weighted by atomic mass is 35.5. The van der Waals surface area contributed by atoms with Crippen molar-refractivity contribution in [3.05, 3.63) is 41.8 Å². The summed E-state index contributed by atoms with van der Waals surface area (Å²) in [7, 11) is 0. The molecule has 1 aliphatic rings. The summed E-state index contributed by atoms with van der Waals surface area (Å²) in [6.45, 7) is 0.592. The Labute approximate surface area is 140 Å². The number of halogens is 2. The molecule has 1 aliphatic carbocycles. The molecular formula is C16H20ClFN4O. The molecule has 23 heavy (non-hydrogen) atoms. The van der Waals surface area contributed by atoms with E-state index in [4.69, 9.17) is 5.73 Å². The first kappa shape index (κ1) is 17.4. The highest BCUT2D eigenvalue weighted by Crippen LogP contribution is 2.25. The zero-order valence-electron chi connectivity index (χ0n) is 12.6. The summed E-state index contributed by atoms with van der Waals surface area (Å²) in [6, 6.07) is 7.82. The van der Waals surface area contributed by atoms with E-state index in [-0.39, 0.29) is 30.2 Å². The third-order valence-electron chi connectivity index (χ3n) is 4.24. The Morgan fingerprint density at radius 1 is 1.35 bits per heavy atom. The van der Waals surface area contributed by atoms with Crippen LogP contribution in [0.15, 0.2) is 30.3 Å². The Morgan fingerprint density at radius 2 is 2.09 bits per heavy atom. The molecule has 1 aromatic heterocycles. The lowest BCUT2D eigenvalue weighted by Crippen LogP contribution is -2.40. The lowest BCUT2D eigenvalue weighted by Gasteiger charge is -2.18. The number of nitrogens with zero attached hydrogens (tertiary/aromatic N) is 1. The van der Waals surface area contributed by atoms with Gasteiger partial charge in [-0.15, -0.1) is 12.4 Å². The Morgan fingerprint density at radius 3 is 2.78 bits per heavy atom. The number of H-pyrrole nitrogens is 1. The van der Waals surface area contributed by atoms with Gasteiger partial charge < -0.3 is 11.1 Å². The molecule has 1 fully saturated rings. The van der Waals surface area contributed by atoms with Crippen LogP contribution < -0.4 is 11.1 Å². The lowest BCUT2D eigenvalue weighted by atomic mass is 10.0.